The maximum absolute atomic E-state index is 13.1. The van der Waals surface area contributed by atoms with Gasteiger partial charge in [0.05, 0.1) is 11.9 Å². The summed E-state index contributed by atoms with van der Waals surface area (Å²) in [4.78, 5) is 51.8. The van der Waals surface area contributed by atoms with Crippen LogP contribution in [0.1, 0.15) is 90.1 Å². The fourth-order valence-corrected chi connectivity index (χ4v) is 4.81. The summed E-state index contributed by atoms with van der Waals surface area (Å²) in [7, 11) is 0. The Morgan fingerprint density at radius 1 is 0.786 bits per heavy atom. The minimum atomic E-state index is -0.638. The molecule has 0 aliphatic carbocycles. The molecule has 3 aromatic rings. The first-order valence-electron chi connectivity index (χ1n) is 14.4. The van der Waals surface area contributed by atoms with E-state index < -0.39 is 5.41 Å². The molecule has 0 bridgehead atoms. The first-order valence-corrected chi connectivity index (χ1v) is 14.4. The van der Waals surface area contributed by atoms with Gasteiger partial charge in [-0.1, -0.05) is 48.5 Å². The molecule has 9 nitrogen and oxygen atoms in total. The van der Waals surface area contributed by atoms with Crippen molar-refractivity contribution in [2.45, 2.75) is 86.5 Å². The van der Waals surface area contributed by atoms with Crippen molar-refractivity contribution in [1.82, 2.24) is 15.0 Å². The zero-order valence-corrected chi connectivity index (χ0v) is 26.1. The van der Waals surface area contributed by atoms with Crippen molar-refractivity contribution in [1.29, 1.82) is 0 Å². The van der Waals surface area contributed by atoms with E-state index in [9.17, 15) is 14.4 Å². The van der Waals surface area contributed by atoms with E-state index in [1.54, 1.807) is 49.2 Å². The number of carbonyl (C=O) groups excluding carboxylic acids is 3. The van der Waals surface area contributed by atoms with Gasteiger partial charge in [-0.15, -0.1) is 0 Å². The maximum Gasteiger partial charge on any atom is 0.225 e. The molecule has 0 spiro atoms. The van der Waals surface area contributed by atoms with Crippen LogP contribution in [-0.4, -0.2) is 32.7 Å². The number of anilines is 3. The van der Waals surface area contributed by atoms with Crippen LogP contribution >= 0.6 is 0 Å². The number of rotatable bonds is 11. The smallest absolute Gasteiger partial charge is 0.225 e. The Labute approximate surface area is 249 Å². The maximum atomic E-state index is 13.1. The van der Waals surface area contributed by atoms with Crippen molar-refractivity contribution in [2.24, 2.45) is 11.3 Å². The van der Waals surface area contributed by atoms with Gasteiger partial charge in [-0.25, -0.2) is 0 Å². The van der Waals surface area contributed by atoms with Crippen LogP contribution in [-0.2, 0) is 26.2 Å². The van der Waals surface area contributed by atoms with Crippen molar-refractivity contribution in [3.8, 4) is 0 Å². The molecule has 0 radical (unpaired) electrons. The van der Waals surface area contributed by atoms with Crippen LogP contribution in [0.3, 0.4) is 0 Å². The Kier molecular flexibility index (Phi) is 10.5. The average Bonchev–Trinajstić information content (AvgIpc) is 2.85. The van der Waals surface area contributed by atoms with Gasteiger partial charge in [-0.3, -0.25) is 29.3 Å². The molecule has 0 aromatic carbocycles. The van der Waals surface area contributed by atoms with Crippen LogP contribution in [0.25, 0.3) is 0 Å². The van der Waals surface area contributed by atoms with Gasteiger partial charge in [-0.2, -0.15) is 0 Å². The highest BCUT2D eigenvalue weighted by Crippen LogP contribution is 2.35. The summed E-state index contributed by atoms with van der Waals surface area (Å²) in [6.45, 7) is 16.0. The molecule has 0 saturated carbocycles. The largest absolute Gasteiger partial charge is 0.326 e. The predicted octanol–water partition coefficient (Wildman–Crippen LogP) is 6.44. The molecule has 3 heterocycles. The van der Waals surface area contributed by atoms with Crippen molar-refractivity contribution in [3.05, 3.63) is 71.6 Å². The topological polar surface area (TPSA) is 126 Å². The van der Waals surface area contributed by atoms with E-state index >= 15 is 0 Å². The predicted molar refractivity (Wildman–Crippen MR) is 167 cm³/mol. The van der Waals surface area contributed by atoms with Gasteiger partial charge in [-0.05, 0) is 53.1 Å². The molecule has 3 amide bonds. The Morgan fingerprint density at radius 2 is 1.43 bits per heavy atom. The molecule has 224 valence electrons. The van der Waals surface area contributed by atoms with E-state index in [0.29, 0.717) is 36.3 Å². The van der Waals surface area contributed by atoms with Gasteiger partial charge in [0.1, 0.15) is 0 Å². The van der Waals surface area contributed by atoms with Crippen molar-refractivity contribution < 1.29 is 14.4 Å². The summed E-state index contributed by atoms with van der Waals surface area (Å²) in [5, 5.41) is 9.03. The third kappa shape index (κ3) is 9.46. The summed E-state index contributed by atoms with van der Waals surface area (Å²) in [6, 6.07) is 5.28. The van der Waals surface area contributed by atoms with Gasteiger partial charge in [0.2, 0.25) is 17.7 Å². The number of carbonyl (C=O) groups is 3. The molecule has 3 rings (SSSR count). The second-order valence-electron chi connectivity index (χ2n) is 13.1. The zero-order chi connectivity index (χ0) is 31.1. The van der Waals surface area contributed by atoms with Crippen LogP contribution < -0.4 is 16.0 Å². The summed E-state index contributed by atoms with van der Waals surface area (Å²) >= 11 is 0. The second kappa shape index (κ2) is 13.7. The van der Waals surface area contributed by atoms with Gasteiger partial charge in [0.15, 0.2) is 0 Å². The molecule has 3 N–H and O–H groups in total. The average molecular weight is 573 g/mol. The van der Waals surface area contributed by atoms with Gasteiger partial charge < -0.3 is 16.0 Å². The fourth-order valence-electron chi connectivity index (χ4n) is 4.81. The van der Waals surface area contributed by atoms with Crippen molar-refractivity contribution >= 4 is 34.8 Å². The van der Waals surface area contributed by atoms with Crippen LogP contribution in [0.4, 0.5) is 17.1 Å². The first-order chi connectivity index (χ1) is 19.6. The Morgan fingerprint density at radius 3 is 2.07 bits per heavy atom. The quantitative estimate of drug-likeness (QED) is 0.243. The normalized spacial score (nSPS) is 11.7. The van der Waals surface area contributed by atoms with Gasteiger partial charge in [0.25, 0.3) is 0 Å². The summed E-state index contributed by atoms with van der Waals surface area (Å²) in [5.41, 5.74) is 4.39. The summed E-state index contributed by atoms with van der Waals surface area (Å²) in [5.74, 6) is -0.0756. The van der Waals surface area contributed by atoms with E-state index in [-0.39, 0.29) is 35.5 Å². The molecule has 9 heteroatoms. The SMILES string of the molecule is Cc1c(NC(=O)CC(C)C)ccnc1Cc1c(NC(=O)CC(C)(C)C)cncc1C(C)(C)CC(=O)Nc1ccncc1. The molecule has 3 aromatic heterocycles. The molecule has 42 heavy (non-hydrogen) atoms. The number of nitrogens with one attached hydrogen (secondary N) is 3. The molecular weight excluding hydrogens is 528 g/mol. The lowest BCUT2D eigenvalue weighted by atomic mass is 9.78. The third-order valence-electron chi connectivity index (χ3n) is 6.84. The minimum absolute atomic E-state index is 0.0497. The third-order valence-corrected chi connectivity index (χ3v) is 6.84. The minimum Gasteiger partial charge on any atom is -0.326 e. The van der Waals surface area contributed by atoms with Crippen LogP contribution in [0, 0.1) is 18.3 Å². The number of aromatic nitrogens is 3. The molecule has 0 fully saturated rings. The lowest BCUT2D eigenvalue weighted by molar-refractivity contribution is -0.118. The summed E-state index contributed by atoms with van der Waals surface area (Å²) in [6.07, 6.45) is 9.66. The molecule has 0 aliphatic heterocycles. The summed E-state index contributed by atoms with van der Waals surface area (Å²) < 4.78 is 0. The molecule has 0 saturated heterocycles. The Hall–Kier alpha value is -4.14. The van der Waals surface area contributed by atoms with Crippen molar-refractivity contribution in [3.63, 3.8) is 0 Å². The molecular formula is C33H44N6O3. The highest BCUT2D eigenvalue weighted by Gasteiger charge is 2.30. The monoisotopic (exact) mass is 572 g/mol. The van der Waals surface area contributed by atoms with E-state index in [0.717, 1.165) is 22.4 Å². The zero-order valence-electron chi connectivity index (χ0n) is 26.1. The van der Waals surface area contributed by atoms with E-state index in [1.165, 1.54) is 0 Å². The second-order valence-corrected chi connectivity index (χ2v) is 13.1. The van der Waals surface area contributed by atoms with Gasteiger partial charge in [0, 0.05) is 73.0 Å². The van der Waals surface area contributed by atoms with E-state index in [4.69, 9.17) is 0 Å². The van der Waals surface area contributed by atoms with Crippen LogP contribution in [0.5, 0.6) is 0 Å². The highest BCUT2D eigenvalue weighted by atomic mass is 16.2. The van der Waals surface area contributed by atoms with E-state index in [2.05, 4.69) is 30.9 Å². The van der Waals surface area contributed by atoms with Gasteiger partial charge >= 0.3 is 0 Å². The number of nitrogens with zero attached hydrogens (tertiary/aromatic N) is 3. The number of amides is 3. The lowest BCUT2D eigenvalue weighted by Gasteiger charge is -2.29. The lowest BCUT2D eigenvalue weighted by Crippen LogP contribution is -2.28. The van der Waals surface area contributed by atoms with Crippen LogP contribution in [0.2, 0.25) is 0 Å². The van der Waals surface area contributed by atoms with Crippen LogP contribution in [0.15, 0.2) is 49.2 Å². The molecule has 0 atom stereocenters. The van der Waals surface area contributed by atoms with Crippen molar-refractivity contribution in [2.75, 3.05) is 16.0 Å². The number of pyridine rings is 3. The molecule has 0 aliphatic rings. The highest BCUT2D eigenvalue weighted by molar-refractivity contribution is 5.93. The first kappa shape index (κ1) is 32.4. The number of hydrogen-bond donors (Lipinski definition) is 3. The number of hydrogen-bond acceptors (Lipinski definition) is 6. The Balaban J connectivity index is 2.00. The molecule has 0 unspecified atom stereocenters. The Bertz CT molecular complexity index is 1410. The van der Waals surface area contributed by atoms with E-state index in [1.807, 2.05) is 55.4 Å². The standard InChI is InChI=1S/C33H44N6O3/c1-21(2)15-29(40)38-26-11-14-36-27(22(26)3)16-24-25(19-35-20-28(24)39-30(41)17-32(4,5)6)33(7,8)18-31(42)37-23-9-12-34-13-10-23/h9-14,19-21H,15-18H2,1-8H3,(H,39,41)(H,34,37,42)(H,36,38,40). The fraction of sp³-hybridized carbons (Fsp3) is 0.455.